The van der Waals surface area contributed by atoms with Crippen LogP contribution in [0.2, 0.25) is 0 Å². The van der Waals surface area contributed by atoms with Gasteiger partial charge in [0.15, 0.2) is 0 Å². The van der Waals surface area contributed by atoms with Crippen molar-refractivity contribution in [3.05, 3.63) is 137 Å². The van der Waals surface area contributed by atoms with Gasteiger partial charge >= 0.3 is 0 Å². The molecule has 41 heavy (non-hydrogen) atoms. The summed E-state index contributed by atoms with van der Waals surface area (Å²) in [6.07, 6.45) is 0. The number of hydrogen-bond acceptors (Lipinski definition) is 1. The second kappa shape index (κ2) is 10.0. The SMILES string of the molecule is CC1(C)c2cc(Br)c(N(c3ccc(-c4ccccc4)cc3)c3ccc(-c4ccccc4)cc3)cc2C(C)(C)C1(C)C. The fourth-order valence-corrected chi connectivity index (χ4v) is 7.04. The van der Waals surface area contributed by atoms with Crippen molar-refractivity contribution in [1.82, 2.24) is 0 Å². The number of anilines is 3. The lowest BCUT2D eigenvalue weighted by Gasteiger charge is -2.44. The summed E-state index contributed by atoms with van der Waals surface area (Å²) < 4.78 is 1.11. The van der Waals surface area contributed by atoms with Gasteiger partial charge < -0.3 is 4.90 Å². The molecule has 0 radical (unpaired) electrons. The summed E-state index contributed by atoms with van der Waals surface area (Å²) in [5.41, 5.74) is 11.3. The van der Waals surface area contributed by atoms with Gasteiger partial charge in [0.2, 0.25) is 0 Å². The van der Waals surface area contributed by atoms with E-state index in [2.05, 4.69) is 184 Å². The normalized spacial score (nSPS) is 16.3. The van der Waals surface area contributed by atoms with Crippen molar-refractivity contribution in [2.24, 2.45) is 5.41 Å². The lowest BCUT2D eigenvalue weighted by atomic mass is 9.59. The minimum Gasteiger partial charge on any atom is -0.309 e. The Hall–Kier alpha value is -3.62. The summed E-state index contributed by atoms with van der Waals surface area (Å²) in [7, 11) is 0. The van der Waals surface area contributed by atoms with Crippen LogP contribution < -0.4 is 4.90 Å². The highest BCUT2D eigenvalue weighted by Crippen LogP contribution is 2.63. The number of rotatable bonds is 5. The first-order valence-corrected chi connectivity index (χ1v) is 15.3. The van der Waals surface area contributed by atoms with Gasteiger partial charge in [0.1, 0.15) is 0 Å². The molecule has 0 aliphatic heterocycles. The van der Waals surface area contributed by atoms with Crippen LogP contribution in [0.15, 0.2) is 126 Å². The number of nitrogens with zero attached hydrogens (tertiary/aromatic N) is 1. The van der Waals surface area contributed by atoms with Gasteiger partial charge in [-0.15, -0.1) is 0 Å². The molecule has 1 nitrogen and oxygen atoms in total. The maximum absolute atomic E-state index is 4.03. The van der Waals surface area contributed by atoms with Gasteiger partial charge in [-0.25, -0.2) is 0 Å². The Morgan fingerprint density at radius 1 is 0.463 bits per heavy atom. The minimum atomic E-state index is 0.0152. The Bertz CT molecular complexity index is 1600. The quantitative estimate of drug-likeness (QED) is 0.194. The van der Waals surface area contributed by atoms with E-state index in [1.807, 2.05) is 0 Å². The van der Waals surface area contributed by atoms with Crippen molar-refractivity contribution in [3.63, 3.8) is 0 Å². The zero-order chi connectivity index (χ0) is 29.0. The Morgan fingerprint density at radius 2 is 0.829 bits per heavy atom. The standard InChI is InChI=1S/C39H38BrN/c1-37(2)33-25-35(40)36(26-34(33)38(3,4)39(37,5)6)41(31-21-17-29(18-22-31)27-13-9-7-10-14-27)32-23-19-30(20-24-32)28-15-11-8-12-16-28/h7-26H,1-6H3. The molecular formula is C39H38BrN. The summed E-state index contributed by atoms with van der Waals surface area (Å²) in [6.45, 7) is 14.5. The van der Waals surface area contributed by atoms with Crippen LogP contribution in [0.3, 0.4) is 0 Å². The van der Waals surface area contributed by atoms with Crippen molar-refractivity contribution in [1.29, 1.82) is 0 Å². The largest absolute Gasteiger partial charge is 0.309 e. The average molecular weight is 601 g/mol. The molecule has 0 fully saturated rings. The molecule has 206 valence electrons. The van der Waals surface area contributed by atoms with Crippen molar-refractivity contribution in [2.45, 2.75) is 52.4 Å². The predicted molar refractivity (Wildman–Crippen MR) is 180 cm³/mol. The predicted octanol–water partition coefficient (Wildman–Crippen LogP) is 11.8. The van der Waals surface area contributed by atoms with Crippen molar-refractivity contribution >= 4 is 33.0 Å². The zero-order valence-electron chi connectivity index (χ0n) is 24.9. The molecule has 6 rings (SSSR count). The molecule has 0 saturated heterocycles. The molecule has 0 amide bonds. The first-order valence-electron chi connectivity index (χ1n) is 14.5. The van der Waals surface area contributed by atoms with Crippen molar-refractivity contribution < 1.29 is 0 Å². The number of hydrogen-bond donors (Lipinski definition) is 0. The molecule has 5 aromatic rings. The van der Waals surface area contributed by atoms with Gasteiger partial charge in [-0.3, -0.25) is 0 Å². The Balaban J connectivity index is 1.51. The van der Waals surface area contributed by atoms with Gasteiger partial charge in [0.25, 0.3) is 0 Å². The Labute approximate surface area is 254 Å². The second-order valence-electron chi connectivity index (χ2n) is 12.9. The van der Waals surface area contributed by atoms with E-state index in [-0.39, 0.29) is 16.2 Å². The molecule has 0 spiro atoms. The first-order chi connectivity index (χ1) is 19.5. The third-order valence-corrected chi connectivity index (χ3v) is 10.9. The molecule has 0 N–H and O–H groups in total. The Morgan fingerprint density at radius 3 is 1.24 bits per heavy atom. The molecular weight excluding hydrogens is 562 g/mol. The molecule has 2 heteroatoms. The van der Waals surface area contributed by atoms with Gasteiger partial charge in [0.05, 0.1) is 5.69 Å². The highest BCUT2D eigenvalue weighted by molar-refractivity contribution is 9.10. The molecule has 0 heterocycles. The molecule has 0 unspecified atom stereocenters. The van der Waals surface area contributed by atoms with Gasteiger partial charge in [-0.2, -0.15) is 0 Å². The fourth-order valence-electron chi connectivity index (χ4n) is 6.52. The molecule has 0 aromatic heterocycles. The fraction of sp³-hybridized carbons (Fsp3) is 0.231. The van der Waals surface area contributed by atoms with Crippen LogP contribution in [0.25, 0.3) is 22.3 Å². The van der Waals surface area contributed by atoms with Crippen LogP contribution in [-0.4, -0.2) is 0 Å². The van der Waals surface area contributed by atoms with Gasteiger partial charge in [-0.05, 0) is 102 Å². The number of fused-ring (bicyclic) bond motifs is 1. The molecule has 0 bridgehead atoms. The third kappa shape index (κ3) is 4.44. The molecule has 0 atom stereocenters. The topological polar surface area (TPSA) is 3.24 Å². The average Bonchev–Trinajstić information content (AvgIpc) is 3.08. The highest BCUT2D eigenvalue weighted by atomic mass is 79.9. The van der Waals surface area contributed by atoms with E-state index in [0.29, 0.717) is 0 Å². The van der Waals surface area contributed by atoms with E-state index >= 15 is 0 Å². The van der Waals surface area contributed by atoms with Crippen LogP contribution in [0.4, 0.5) is 17.1 Å². The van der Waals surface area contributed by atoms with E-state index in [1.54, 1.807) is 0 Å². The van der Waals surface area contributed by atoms with E-state index < -0.39 is 0 Å². The third-order valence-electron chi connectivity index (χ3n) is 10.3. The molecule has 5 aromatic carbocycles. The molecule has 1 aliphatic carbocycles. The molecule has 1 aliphatic rings. The van der Waals surface area contributed by atoms with Crippen molar-refractivity contribution in [3.8, 4) is 22.3 Å². The van der Waals surface area contributed by atoms with Crippen LogP contribution >= 0.6 is 15.9 Å². The van der Waals surface area contributed by atoms with Crippen LogP contribution in [0.5, 0.6) is 0 Å². The minimum absolute atomic E-state index is 0.0152. The van der Waals surface area contributed by atoms with E-state index in [0.717, 1.165) is 21.5 Å². The lowest BCUT2D eigenvalue weighted by molar-refractivity contribution is 0.125. The smallest absolute Gasteiger partial charge is 0.0606 e. The maximum atomic E-state index is 4.03. The summed E-state index contributed by atoms with van der Waals surface area (Å²) in [6, 6.07) is 43.9. The van der Waals surface area contributed by atoms with Gasteiger partial charge in [0, 0.05) is 15.8 Å². The first kappa shape index (κ1) is 27.5. The number of halogens is 1. The number of benzene rings is 5. The summed E-state index contributed by atoms with van der Waals surface area (Å²) in [5.74, 6) is 0. The molecule has 0 saturated carbocycles. The Kier molecular flexibility index (Phi) is 6.74. The summed E-state index contributed by atoms with van der Waals surface area (Å²) in [4.78, 5) is 2.39. The maximum Gasteiger partial charge on any atom is 0.0606 e. The second-order valence-corrected chi connectivity index (χ2v) is 13.7. The summed E-state index contributed by atoms with van der Waals surface area (Å²) >= 11 is 4.03. The van der Waals surface area contributed by atoms with E-state index in [1.165, 1.54) is 33.4 Å². The van der Waals surface area contributed by atoms with E-state index in [9.17, 15) is 0 Å². The van der Waals surface area contributed by atoms with Crippen LogP contribution in [0.1, 0.15) is 52.7 Å². The summed E-state index contributed by atoms with van der Waals surface area (Å²) in [5, 5.41) is 0. The van der Waals surface area contributed by atoms with E-state index in [4.69, 9.17) is 0 Å². The van der Waals surface area contributed by atoms with Crippen LogP contribution in [0, 0.1) is 5.41 Å². The van der Waals surface area contributed by atoms with Crippen LogP contribution in [-0.2, 0) is 10.8 Å². The van der Waals surface area contributed by atoms with Crippen molar-refractivity contribution in [2.75, 3.05) is 4.90 Å². The lowest BCUT2D eigenvalue weighted by Crippen LogP contribution is -2.42. The van der Waals surface area contributed by atoms with Gasteiger partial charge in [-0.1, -0.05) is 126 Å². The zero-order valence-corrected chi connectivity index (χ0v) is 26.5. The highest BCUT2D eigenvalue weighted by Gasteiger charge is 2.57. The monoisotopic (exact) mass is 599 g/mol.